The molecule has 0 radical (unpaired) electrons. The van der Waals surface area contributed by atoms with Crippen molar-refractivity contribution in [2.45, 2.75) is 51.5 Å². The molecule has 1 aliphatic rings. The predicted molar refractivity (Wildman–Crippen MR) is 62.8 cm³/mol. The van der Waals surface area contributed by atoms with Crippen molar-refractivity contribution in [2.24, 2.45) is 11.7 Å². The molecule has 3 nitrogen and oxygen atoms in total. The van der Waals surface area contributed by atoms with E-state index in [0.717, 1.165) is 12.1 Å². The summed E-state index contributed by atoms with van der Waals surface area (Å²) in [4.78, 5) is 1.23. The summed E-state index contributed by atoms with van der Waals surface area (Å²) in [5.41, 5.74) is 7.43. The van der Waals surface area contributed by atoms with Crippen LogP contribution in [0.2, 0.25) is 0 Å². The van der Waals surface area contributed by atoms with Gasteiger partial charge in [-0.25, -0.2) is 0 Å². The Balaban J connectivity index is 2.08. The third kappa shape index (κ3) is 2.37. The Morgan fingerprint density at radius 1 is 1.40 bits per heavy atom. The summed E-state index contributed by atoms with van der Waals surface area (Å²) < 4.78 is 4.02. The highest BCUT2D eigenvalue weighted by Crippen LogP contribution is 2.35. The predicted octanol–water partition coefficient (Wildman–Crippen LogP) is 2.68. The first-order valence-electron chi connectivity index (χ1n) is 5.89. The van der Waals surface area contributed by atoms with Crippen molar-refractivity contribution in [1.29, 1.82) is 0 Å². The van der Waals surface area contributed by atoms with Crippen LogP contribution in [0.15, 0.2) is 0 Å². The Kier molecular flexibility index (Phi) is 3.70. The summed E-state index contributed by atoms with van der Waals surface area (Å²) in [5.74, 6) is 0.659. The fourth-order valence-electron chi connectivity index (χ4n) is 2.42. The van der Waals surface area contributed by atoms with E-state index in [9.17, 15) is 0 Å². The highest BCUT2D eigenvalue weighted by molar-refractivity contribution is 7.05. The summed E-state index contributed by atoms with van der Waals surface area (Å²) in [6, 6.07) is 0.181. The molecule has 1 unspecified atom stereocenters. The van der Waals surface area contributed by atoms with Crippen LogP contribution in [0, 0.1) is 5.92 Å². The van der Waals surface area contributed by atoms with Crippen molar-refractivity contribution in [3.05, 3.63) is 10.6 Å². The Labute approximate surface area is 95.2 Å². The van der Waals surface area contributed by atoms with E-state index in [2.05, 4.69) is 16.5 Å². The van der Waals surface area contributed by atoms with E-state index in [4.69, 9.17) is 5.73 Å². The molecule has 0 amide bonds. The first kappa shape index (κ1) is 11.0. The lowest BCUT2D eigenvalue weighted by Crippen LogP contribution is -2.23. The molecule has 1 atom stereocenters. The van der Waals surface area contributed by atoms with E-state index in [1.165, 1.54) is 48.5 Å². The van der Waals surface area contributed by atoms with Gasteiger partial charge in [0, 0.05) is 6.04 Å². The van der Waals surface area contributed by atoms with Gasteiger partial charge in [0.2, 0.25) is 0 Å². The Morgan fingerprint density at radius 3 is 2.80 bits per heavy atom. The molecule has 84 valence electrons. The largest absolute Gasteiger partial charge is 0.323 e. The van der Waals surface area contributed by atoms with Gasteiger partial charge in [-0.2, -0.15) is 0 Å². The second-order valence-electron chi connectivity index (χ2n) is 4.36. The first-order chi connectivity index (χ1) is 7.33. The van der Waals surface area contributed by atoms with Crippen molar-refractivity contribution in [1.82, 2.24) is 9.59 Å². The third-order valence-electron chi connectivity index (χ3n) is 3.38. The van der Waals surface area contributed by atoms with Gasteiger partial charge in [-0.1, -0.05) is 30.7 Å². The van der Waals surface area contributed by atoms with Crippen molar-refractivity contribution >= 4 is 11.5 Å². The van der Waals surface area contributed by atoms with Crippen LogP contribution in [0.1, 0.15) is 55.6 Å². The lowest BCUT2D eigenvalue weighted by molar-refractivity contribution is 0.310. The zero-order valence-electron chi connectivity index (χ0n) is 9.28. The number of hydrogen-bond acceptors (Lipinski definition) is 4. The molecule has 1 fully saturated rings. The number of aromatic nitrogens is 2. The summed E-state index contributed by atoms with van der Waals surface area (Å²) in [6.45, 7) is 2.12. The number of rotatable bonds is 3. The molecule has 0 aliphatic heterocycles. The monoisotopic (exact) mass is 225 g/mol. The zero-order chi connectivity index (χ0) is 10.7. The van der Waals surface area contributed by atoms with E-state index in [-0.39, 0.29) is 6.04 Å². The van der Waals surface area contributed by atoms with Crippen LogP contribution in [0.3, 0.4) is 0 Å². The number of nitrogens with zero attached hydrogens (tertiary/aromatic N) is 2. The maximum atomic E-state index is 6.32. The number of nitrogens with two attached hydrogens (primary N) is 1. The summed E-state index contributed by atoms with van der Waals surface area (Å²) in [5, 5.41) is 4.14. The van der Waals surface area contributed by atoms with Crippen LogP contribution >= 0.6 is 11.5 Å². The molecule has 0 spiro atoms. The average Bonchev–Trinajstić information content (AvgIpc) is 2.77. The molecule has 1 heterocycles. The van der Waals surface area contributed by atoms with Gasteiger partial charge in [-0.15, -0.1) is 5.10 Å². The van der Waals surface area contributed by atoms with Crippen LogP contribution in [-0.2, 0) is 6.42 Å². The topological polar surface area (TPSA) is 51.8 Å². The molecule has 4 heteroatoms. The summed E-state index contributed by atoms with van der Waals surface area (Å²) in [7, 11) is 0. The van der Waals surface area contributed by atoms with E-state index in [0.29, 0.717) is 5.92 Å². The van der Waals surface area contributed by atoms with Crippen molar-refractivity contribution in [3.63, 3.8) is 0 Å². The summed E-state index contributed by atoms with van der Waals surface area (Å²) >= 11 is 1.49. The van der Waals surface area contributed by atoms with Gasteiger partial charge in [0.05, 0.1) is 10.6 Å². The molecule has 0 bridgehead atoms. The lowest BCUT2D eigenvalue weighted by Gasteiger charge is -2.26. The van der Waals surface area contributed by atoms with Crippen LogP contribution in [0.5, 0.6) is 0 Å². The minimum Gasteiger partial charge on any atom is -0.323 e. The Morgan fingerprint density at radius 2 is 2.13 bits per heavy atom. The minimum absolute atomic E-state index is 0.181. The fraction of sp³-hybridized carbons (Fsp3) is 0.818. The molecule has 2 rings (SSSR count). The van der Waals surface area contributed by atoms with E-state index < -0.39 is 0 Å². The Hall–Kier alpha value is -0.480. The highest BCUT2D eigenvalue weighted by Gasteiger charge is 2.25. The van der Waals surface area contributed by atoms with E-state index in [1.807, 2.05) is 0 Å². The molecule has 0 saturated heterocycles. The molecular weight excluding hydrogens is 206 g/mol. The highest BCUT2D eigenvalue weighted by atomic mass is 32.1. The summed E-state index contributed by atoms with van der Waals surface area (Å²) in [6.07, 6.45) is 7.57. The van der Waals surface area contributed by atoms with Crippen LogP contribution in [-0.4, -0.2) is 9.59 Å². The second-order valence-corrected chi connectivity index (χ2v) is 5.15. The lowest BCUT2D eigenvalue weighted by atomic mass is 9.83. The van der Waals surface area contributed by atoms with Crippen molar-refractivity contribution in [2.75, 3.05) is 0 Å². The van der Waals surface area contributed by atoms with Crippen LogP contribution in [0.25, 0.3) is 0 Å². The quantitative estimate of drug-likeness (QED) is 0.860. The zero-order valence-corrected chi connectivity index (χ0v) is 10.1. The van der Waals surface area contributed by atoms with Gasteiger partial charge < -0.3 is 5.73 Å². The smallest absolute Gasteiger partial charge is 0.0801 e. The SMILES string of the molecule is CCc1nnsc1C(N)C1CCCCC1. The third-order valence-corrected chi connectivity index (χ3v) is 4.25. The fourth-order valence-corrected chi connectivity index (χ4v) is 3.25. The standard InChI is InChI=1S/C11H19N3S/c1-2-9-11(15-14-13-9)10(12)8-6-4-3-5-7-8/h8,10H,2-7,12H2,1H3. The van der Waals surface area contributed by atoms with Crippen molar-refractivity contribution < 1.29 is 0 Å². The Bertz CT molecular complexity index is 305. The molecule has 1 saturated carbocycles. The van der Waals surface area contributed by atoms with Gasteiger partial charge in [0.25, 0.3) is 0 Å². The molecular formula is C11H19N3S. The average molecular weight is 225 g/mol. The van der Waals surface area contributed by atoms with Crippen molar-refractivity contribution in [3.8, 4) is 0 Å². The first-order valence-corrected chi connectivity index (χ1v) is 6.67. The number of aryl methyl sites for hydroxylation is 1. The van der Waals surface area contributed by atoms with Crippen LogP contribution in [0.4, 0.5) is 0 Å². The minimum atomic E-state index is 0.181. The maximum Gasteiger partial charge on any atom is 0.0801 e. The van der Waals surface area contributed by atoms with Gasteiger partial charge in [-0.3, -0.25) is 0 Å². The van der Waals surface area contributed by atoms with Gasteiger partial charge in [0.1, 0.15) is 0 Å². The normalized spacial score (nSPS) is 20.4. The van der Waals surface area contributed by atoms with Gasteiger partial charge in [-0.05, 0) is 36.7 Å². The molecule has 15 heavy (non-hydrogen) atoms. The molecule has 2 N–H and O–H groups in total. The van der Waals surface area contributed by atoms with Crippen LogP contribution < -0.4 is 5.73 Å². The number of hydrogen-bond donors (Lipinski definition) is 1. The van der Waals surface area contributed by atoms with E-state index >= 15 is 0 Å². The second kappa shape index (κ2) is 5.03. The molecule has 1 aliphatic carbocycles. The van der Waals surface area contributed by atoms with Gasteiger partial charge >= 0.3 is 0 Å². The maximum absolute atomic E-state index is 6.32. The molecule has 0 aromatic carbocycles. The van der Waals surface area contributed by atoms with Gasteiger partial charge in [0.15, 0.2) is 0 Å². The molecule has 1 aromatic heterocycles. The van der Waals surface area contributed by atoms with E-state index in [1.54, 1.807) is 0 Å². The molecule has 1 aromatic rings.